The number of nitrogens with zero attached hydrogens (tertiary/aromatic N) is 3. The molecule has 3 rings (SSSR count). The number of rotatable bonds is 5. The zero-order chi connectivity index (χ0) is 17.8. The summed E-state index contributed by atoms with van der Waals surface area (Å²) in [6.07, 6.45) is 6.40. The van der Waals surface area contributed by atoms with Gasteiger partial charge in [-0.3, -0.25) is 4.79 Å². The quantitative estimate of drug-likeness (QED) is 0.795. The molecule has 1 aromatic rings. The van der Waals surface area contributed by atoms with Crippen LogP contribution in [0.25, 0.3) is 0 Å². The lowest BCUT2D eigenvalue weighted by molar-refractivity contribution is -0.0963. The number of carbonyl (C=O) groups excluding carboxylic acids is 1. The summed E-state index contributed by atoms with van der Waals surface area (Å²) in [5.74, 6) is 1.48. The second-order valence-electron chi connectivity index (χ2n) is 7.63. The van der Waals surface area contributed by atoms with Crippen LogP contribution in [0.4, 0.5) is 0 Å². The van der Waals surface area contributed by atoms with Crippen LogP contribution in [-0.2, 0) is 17.7 Å². The number of nitrogens with one attached hydrogen (secondary N) is 1. The summed E-state index contributed by atoms with van der Waals surface area (Å²) >= 11 is 0. The summed E-state index contributed by atoms with van der Waals surface area (Å²) in [6, 6.07) is 0. The van der Waals surface area contributed by atoms with Crippen LogP contribution in [0.15, 0.2) is 6.20 Å². The van der Waals surface area contributed by atoms with Crippen molar-refractivity contribution in [3.63, 3.8) is 0 Å². The Bertz CT molecular complexity index is 571. The van der Waals surface area contributed by atoms with Gasteiger partial charge in [0.15, 0.2) is 0 Å². The zero-order valence-electron chi connectivity index (χ0n) is 16.6. The van der Waals surface area contributed by atoms with Crippen LogP contribution < -0.4 is 5.32 Å². The Morgan fingerprint density at radius 1 is 1.33 bits per heavy atom. The molecule has 2 atom stereocenters. The first-order valence-corrected chi connectivity index (χ1v) is 9.80. The molecule has 0 radical (unpaired) electrons. The Morgan fingerprint density at radius 3 is 2.81 bits per heavy atom. The smallest absolute Gasteiger partial charge is 0.274 e. The average Bonchev–Trinajstić information content (AvgIpc) is 2.89. The predicted octanol–water partition coefficient (Wildman–Crippen LogP) is 2.93. The Labute approximate surface area is 175 Å². The Morgan fingerprint density at radius 2 is 2.11 bits per heavy atom. The van der Waals surface area contributed by atoms with E-state index in [9.17, 15) is 4.79 Å². The average molecular weight is 421 g/mol. The van der Waals surface area contributed by atoms with Gasteiger partial charge in [-0.2, -0.15) is 0 Å². The van der Waals surface area contributed by atoms with E-state index in [1.54, 1.807) is 0 Å². The normalized spacial score (nSPS) is 22.4. The van der Waals surface area contributed by atoms with E-state index in [0.717, 1.165) is 51.1 Å². The van der Waals surface area contributed by atoms with Crippen LogP contribution in [0.1, 0.15) is 56.3 Å². The SMILES string of the molecule is CCCC[C@@H]1CN(C(=O)c2cn3c(n2)CCNCC3)C[C@H](C(C)C)O1.Cl.Cl. The van der Waals surface area contributed by atoms with Crippen LogP contribution in [0.5, 0.6) is 0 Å². The minimum absolute atomic E-state index is 0. The van der Waals surface area contributed by atoms with E-state index in [2.05, 4.69) is 35.6 Å². The summed E-state index contributed by atoms with van der Waals surface area (Å²) in [5.41, 5.74) is 0.593. The molecule has 8 heteroatoms. The van der Waals surface area contributed by atoms with E-state index >= 15 is 0 Å². The second-order valence-corrected chi connectivity index (χ2v) is 7.63. The van der Waals surface area contributed by atoms with Gasteiger partial charge in [-0.15, -0.1) is 24.8 Å². The highest BCUT2D eigenvalue weighted by molar-refractivity contribution is 5.92. The lowest BCUT2D eigenvalue weighted by atomic mass is 10.0. The Hall–Kier alpha value is -0.820. The molecule has 27 heavy (non-hydrogen) atoms. The van der Waals surface area contributed by atoms with Gasteiger partial charge >= 0.3 is 0 Å². The number of fused-ring (bicyclic) bond motifs is 1. The summed E-state index contributed by atoms with van der Waals surface area (Å²) in [5, 5.41) is 3.36. The van der Waals surface area contributed by atoms with Crippen LogP contribution in [-0.4, -0.2) is 58.7 Å². The van der Waals surface area contributed by atoms with Gasteiger partial charge in [0.2, 0.25) is 0 Å². The van der Waals surface area contributed by atoms with Crippen molar-refractivity contribution >= 4 is 30.7 Å². The maximum Gasteiger partial charge on any atom is 0.274 e. The molecule has 3 heterocycles. The lowest BCUT2D eigenvalue weighted by Crippen LogP contribution is -2.51. The first-order valence-electron chi connectivity index (χ1n) is 9.80. The number of amides is 1. The van der Waals surface area contributed by atoms with Gasteiger partial charge in [0, 0.05) is 45.3 Å². The molecule has 1 fully saturated rings. The van der Waals surface area contributed by atoms with E-state index < -0.39 is 0 Å². The van der Waals surface area contributed by atoms with Crippen molar-refractivity contribution in [2.24, 2.45) is 5.92 Å². The summed E-state index contributed by atoms with van der Waals surface area (Å²) in [6.45, 7) is 10.6. The number of imidazole rings is 1. The van der Waals surface area contributed by atoms with Gasteiger partial charge in [-0.1, -0.05) is 33.6 Å². The topological polar surface area (TPSA) is 59.4 Å². The van der Waals surface area contributed by atoms with Crippen molar-refractivity contribution in [1.82, 2.24) is 19.8 Å². The fourth-order valence-electron chi connectivity index (χ4n) is 3.63. The molecular formula is C19H34Cl2N4O2. The van der Waals surface area contributed by atoms with Crippen molar-refractivity contribution < 1.29 is 9.53 Å². The van der Waals surface area contributed by atoms with Gasteiger partial charge in [0.25, 0.3) is 5.91 Å². The van der Waals surface area contributed by atoms with Crippen LogP contribution in [0.2, 0.25) is 0 Å². The highest BCUT2D eigenvalue weighted by Crippen LogP contribution is 2.22. The zero-order valence-corrected chi connectivity index (χ0v) is 18.3. The molecule has 6 nitrogen and oxygen atoms in total. The predicted molar refractivity (Wildman–Crippen MR) is 112 cm³/mol. The fraction of sp³-hybridized carbons (Fsp3) is 0.789. The molecule has 1 saturated heterocycles. The lowest BCUT2D eigenvalue weighted by Gasteiger charge is -2.39. The van der Waals surface area contributed by atoms with E-state index in [-0.39, 0.29) is 42.9 Å². The van der Waals surface area contributed by atoms with Crippen molar-refractivity contribution in [1.29, 1.82) is 0 Å². The summed E-state index contributed by atoms with van der Waals surface area (Å²) < 4.78 is 8.36. The highest BCUT2D eigenvalue weighted by Gasteiger charge is 2.33. The van der Waals surface area contributed by atoms with Crippen molar-refractivity contribution in [2.75, 3.05) is 26.2 Å². The van der Waals surface area contributed by atoms with Gasteiger partial charge in [0.1, 0.15) is 11.5 Å². The number of aromatic nitrogens is 2. The third kappa shape index (κ3) is 6.08. The number of morpholine rings is 1. The van der Waals surface area contributed by atoms with Crippen LogP contribution in [0.3, 0.4) is 0 Å². The molecule has 0 aliphatic carbocycles. The molecule has 0 bridgehead atoms. The van der Waals surface area contributed by atoms with E-state index in [0.29, 0.717) is 24.7 Å². The van der Waals surface area contributed by atoms with Crippen molar-refractivity contribution in [2.45, 2.75) is 65.2 Å². The highest BCUT2D eigenvalue weighted by atomic mass is 35.5. The summed E-state index contributed by atoms with van der Waals surface area (Å²) in [4.78, 5) is 19.7. The third-order valence-electron chi connectivity index (χ3n) is 5.24. The van der Waals surface area contributed by atoms with E-state index in [4.69, 9.17) is 4.74 Å². The number of carbonyl (C=O) groups is 1. The van der Waals surface area contributed by atoms with Gasteiger partial charge in [-0.05, 0) is 12.3 Å². The maximum absolute atomic E-state index is 13.1. The molecular weight excluding hydrogens is 387 g/mol. The van der Waals surface area contributed by atoms with Gasteiger partial charge in [-0.25, -0.2) is 4.98 Å². The molecule has 0 aromatic carbocycles. The molecule has 1 amide bonds. The molecule has 1 N–H and O–H groups in total. The number of hydrogen-bond donors (Lipinski definition) is 1. The van der Waals surface area contributed by atoms with Crippen molar-refractivity contribution in [3.05, 3.63) is 17.7 Å². The largest absolute Gasteiger partial charge is 0.371 e. The number of unbranched alkanes of at least 4 members (excludes halogenated alkanes) is 1. The third-order valence-corrected chi connectivity index (χ3v) is 5.24. The standard InChI is InChI=1S/C19H32N4O2.2ClH/c1-4-5-6-15-11-23(13-17(25-15)14(2)3)19(24)16-12-22-10-9-20-8-7-18(22)21-16;;/h12,14-15,17,20H,4-11,13H2,1-3H3;2*1H/t15-,17-;;/m1../s1. The Kier molecular flexibility index (Phi) is 10.1. The van der Waals surface area contributed by atoms with E-state index in [1.165, 1.54) is 0 Å². The molecule has 0 saturated carbocycles. The molecule has 2 aliphatic rings. The van der Waals surface area contributed by atoms with E-state index in [1.807, 2.05) is 11.1 Å². The van der Waals surface area contributed by atoms with Crippen LogP contribution in [0, 0.1) is 5.92 Å². The molecule has 2 aliphatic heterocycles. The number of halogens is 2. The number of hydrogen-bond acceptors (Lipinski definition) is 4. The molecule has 1 aromatic heterocycles. The molecule has 0 spiro atoms. The van der Waals surface area contributed by atoms with Gasteiger partial charge < -0.3 is 19.5 Å². The van der Waals surface area contributed by atoms with Crippen molar-refractivity contribution in [3.8, 4) is 0 Å². The minimum atomic E-state index is 0. The Balaban J connectivity index is 0.00000182. The number of ether oxygens (including phenoxy) is 1. The van der Waals surface area contributed by atoms with Crippen LogP contribution >= 0.6 is 24.8 Å². The second kappa shape index (κ2) is 11.2. The maximum atomic E-state index is 13.1. The monoisotopic (exact) mass is 420 g/mol. The van der Waals surface area contributed by atoms with Gasteiger partial charge in [0.05, 0.1) is 12.2 Å². The first kappa shape index (κ1) is 24.2. The fourth-order valence-corrected chi connectivity index (χ4v) is 3.63. The minimum Gasteiger partial charge on any atom is -0.371 e. The molecule has 0 unspecified atom stereocenters. The first-order chi connectivity index (χ1) is 12.1. The molecule has 156 valence electrons. The summed E-state index contributed by atoms with van der Waals surface area (Å²) in [7, 11) is 0.